The first-order chi connectivity index (χ1) is 18.1. The number of amides is 2. The molecule has 37 heavy (non-hydrogen) atoms. The smallest absolute Gasteiger partial charge is 0.321 e. The largest absolute Gasteiger partial charge is 0.354 e. The fraction of sp³-hybridized carbons (Fsp3) is 0.233. The van der Waals surface area contributed by atoms with Gasteiger partial charge in [-0.15, -0.1) is 0 Å². The molecule has 1 aliphatic heterocycles. The average Bonchev–Trinajstić information content (AvgIpc) is 3.17. The van der Waals surface area contributed by atoms with Crippen LogP contribution >= 0.6 is 11.6 Å². The van der Waals surface area contributed by atoms with Crippen molar-refractivity contribution >= 4 is 29.1 Å². The van der Waals surface area contributed by atoms with Gasteiger partial charge in [-0.05, 0) is 37.1 Å². The minimum Gasteiger partial charge on any atom is -0.354 e. The van der Waals surface area contributed by atoms with Crippen LogP contribution in [-0.4, -0.2) is 47.1 Å². The summed E-state index contributed by atoms with van der Waals surface area (Å²) in [6.45, 7) is 4.84. The topological polar surface area (TPSA) is 61.4 Å². The first kappa shape index (κ1) is 24.8. The SMILES string of the molecule is Cc1nc(-c2ccccc2)nc(N2CCCN(C(=O)Nc3cccc(Cl)c3)CC2)c1Cc1ccccc1. The monoisotopic (exact) mass is 511 g/mol. The van der Waals surface area contributed by atoms with Crippen LogP contribution in [0.15, 0.2) is 84.9 Å². The molecule has 0 radical (unpaired) electrons. The van der Waals surface area contributed by atoms with E-state index in [1.54, 1.807) is 12.1 Å². The number of aryl methyl sites for hydroxylation is 1. The van der Waals surface area contributed by atoms with Gasteiger partial charge in [0.1, 0.15) is 5.82 Å². The Kier molecular flexibility index (Phi) is 7.66. The molecule has 4 aromatic rings. The lowest BCUT2D eigenvalue weighted by Gasteiger charge is -2.26. The second-order valence-corrected chi connectivity index (χ2v) is 9.67. The number of halogens is 1. The molecule has 2 heterocycles. The van der Waals surface area contributed by atoms with Gasteiger partial charge in [-0.1, -0.05) is 78.3 Å². The van der Waals surface area contributed by atoms with E-state index in [9.17, 15) is 4.79 Å². The Morgan fingerprint density at radius 3 is 2.41 bits per heavy atom. The lowest BCUT2D eigenvalue weighted by molar-refractivity contribution is 0.215. The van der Waals surface area contributed by atoms with Crippen LogP contribution in [-0.2, 0) is 6.42 Å². The summed E-state index contributed by atoms with van der Waals surface area (Å²) in [4.78, 5) is 27.2. The summed E-state index contributed by atoms with van der Waals surface area (Å²) in [5.41, 5.74) is 5.02. The van der Waals surface area contributed by atoms with E-state index in [0.717, 1.165) is 47.8 Å². The van der Waals surface area contributed by atoms with E-state index < -0.39 is 0 Å². The van der Waals surface area contributed by atoms with Crippen molar-refractivity contribution in [2.75, 3.05) is 36.4 Å². The van der Waals surface area contributed by atoms with Crippen LogP contribution in [0.4, 0.5) is 16.3 Å². The van der Waals surface area contributed by atoms with Gasteiger partial charge in [0.15, 0.2) is 5.82 Å². The summed E-state index contributed by atoms with van der Waals surface area (Å²) in [5.74, 6) is 1.68. The zero-order valence-corrected chi connectivity index (χ0v) is 21.7. The van der Waals surface area contributed by atoms with Crippen molar-refractivity contribution in [3.05, 3.63) is 107 Å². The van der Waals surface area contributed by atoms with Crippen LogP contribution < -0.4 is 10.2 Å². The normalized spacial score (nSPS) is 13.8. The van der Waals surface area contributed by atoms with Crippen molar-refractivity contribution in [1.29, 1.82) is 0 Å². The number of urea groups is 1. The molecule has 1 aliphatic rings. The fourth-order valence-electron chi connectivity index (χ4n) is 4.67. The number of benzene rings is 3. The zero-order chi connectivity index (χ0) is 25.6. The maximum Gasteiger partial charge on any atom is 0.321 e. The highest BCUT2D eigenvalue weighted by molar-refractivity contribution is 6.30. The summed E-state index contributed by atoms with van der Waals surface area (Å²) in [6.07, 6.45) is 1.60. The van der Waals surface area contributed by atoms with Gasteiger partial charge in [-0.25, -0.2) is 14.8 Å². The van der Waals surface area contributed by atoms with Gasteiger partial charge in [0, 0.05) is 60.1 Å². The quantitative estimate of drug-likeness (QED) is 0.335. The molecule has 6 nitrogen and oxygen atoms in total. The molecule has 0 spiro atoms. The van der Waals surface area contributed by atoms with E-state index in [0.29, 0.717) is 30.3 Å². The lowest BCUT2D eigenvalue weighted by Crippen LogP contribution is -2.38. The van der Waals surface area contributed by atoms with Crippen LogP contribution in [0.3, 0.4) is 0 Å². The van der Waals surface area contributed by atoms with Crippen molar-refractivity contribution in [1.82, 2.24) is 14.9 Å². The molecule has 1 aromatic heterocycles. The summed E-state index contributed by atoms with van der Waals surface area (Å²) in [7, 11) is 0. The molecular formula is C30H30ClN5O. The summed E-state index contributed by atoms with van der Waals surface area (Å²) >= 11 is 6.09. The molecule has 3 aromatic carbocycles. The van der Waals surface area contributed by atoms with Gasteiger partial charge in [0.25, 0.3) is 0 Å². The number of nitrogens with zero attached hydrogens (tertiary/aromatic N) is 4. The molecule has 1 fully saturated rings. The van der Waals surface area contributed by atoms with Crippen LogP contribution in [0.2, 0.25) is 5.02 Å². The molecule has 2 amide bonds. The summed E-state index contributed by atoms with van der Waals surface area (Å²) in [5, 5.41) is 3.57. The van der Waals surface area contributed by atoms with E-state index in [-0.39, 0.29) is 6.03 Å². The molecule has 5 rings (SSSR count). The molecule has 7 heteroatoms. The second kappa shape index (κ2) is 11.4. The van der Waals surface area contributed by atoms with Crippen molar-refractivity contribution in [3.63, 3.8) is 0 Å². The van der Waals surface area contributed by atoms with Crippen molar-refractivity contribution < 1.29 is 4.79 Å². The molecule has 0 bridgehead atoms. The highest BCUT2D eigenvalue weighted by atomic mass is 35.5. The van der Waals surface area contributed by atoms with E-state index in [4.69, 9.17) is 21.6 Å². The van der Waals surface area contributed by atoms with E-state index in [1.807, 2.05) is 53.4 Å². The number of carbonyl (C=O) groups is 1. The zero-order valence-electron chi connectivity index (χ0n) is 20.9. The number of aromatic nitrogens is 2. The van der Waals surface area contributed by atoms with E-state index >= 15 is 0 Å². The van der Waals surface area contributed by atoms with Gasteiger partial charge in [0.05, 0.1) is 0 Å². The molecule has 188 valence electrons. The minimum absolute atomic E-state index is 0.113. The Bertz CT molecular complexity index is 1360. The highest BCUT2D eigenvalue weighted by Crippen LogP contribution is 2.28. The first-order valence-corrected chi connectivity index (χ1v) is 13.0. The van der Waals surface area contributed by atoms with E-state index in [2.05, 4.69) is 41.4 Å². The van der Waals surface area contributed by atoms with Crippen LogP contribution in [0, 0.1) is 6.92 Å². The number of rotatable bonds is 5. The van der Waals surface area contributed by atoms with Crippen LogP contribution in [0.25, 0.3) is 11.4 Å². The van der Waals surface area contributed by atoms with Gasteiger partial charge in [-0.3, -0.25) is 0 Å². The third-order valence-electron chi connectivity index (χ3n) is 6.61. The Labute approximate surface area is 222 Å². The van der Waals surface area contributed by atoms with Crippen molar-refractivity contribution in [2.45, 2.75) is 19.8 Å². The molecule has 1 N–H and O–H groups in total. The highest BCUT2D eigenvalue weighted by Gasteiger charge is 2.24. The second-order valence-electron chi connectivity index (χ2n) is 9.23. The van der Waals surface area contributed by atoms with Crippen LogP contribution in [0.1, 0.15) is 23.2 Å². The third kappa shape index (κ3) is 6.09. The van der Waals surface area contributed by atoms with Gasteiger partial charge < -0.3 is 15.1 Å². The Hall–Kier alpha value is -3.90. The number of hydrogen-bond donors (Lipinski definition) is 1. The van der Waals surface area contributed by atoms with Crippen molar-refractivity contribution in [2.24, 2.45) is 0 Å². The fourth-order valence-corrected chi connectivity index (χ4v) is 4.86. The standard InChI is InChI=1S/C30H30ClN5O/c1-22-27(20-23-10-4-2-5-11-23)29(34-28(32-22)24-12-6-3-7-13-24)35-16-9-17-36(19-18-35)30(37)33-26-15-8-14-25(31)21-26/h2-8,10-15,21H,9,16-20H2,1H3,(H,33,37). The predicted octanol–water partition coefficient (Wildman–Crippen LogP) is 6.44. The number of carbonyl (C=O) groups excluding carboxylic acids is 1. The van der Waals surface area contributed by atoms with Gasteiger partial charge in [0.2, 0.25) is 0 Å². The molecular weight excluding hydrogens is 482 g/mol. The maximum atomic E-state index is 13.0. The Morgan fingerprint density at radius 2 is 1.65 bits per heavy atom. The average molecular weight is 512 g/mol. The summed E-state index contributed by atoms with van der Waals surface area (Å²) in [6, 6.07) is 27.6. The first-order valence-electron chi connectivity index (χ1n) is 12.6. The predicted molar refractivity (Wildman–Crippen MR) is 150 cm³/mol. The number of nitrogens with one attached hydrogen (secondary N) is 1. The third-order valence-corrected chi connectivity index (χ3v) is 6.84. The van der Waals surface area contributed by atoms with E-state index in [1.165, 1.54) is 5.56 Å². The lowest BCUT2D eigenvalue weighted by atomic mass is 10.0. The number of anilines is 2. The van der Waals surface area contributed by atoms with Gasteiger partial charge in [-0.2, -0.15) is 0 Å². The van der Waals surface area contributed by atoms with Crippen LogP contribution in [0.5, 0.6) is 0 Å². The van der Waals surface area contributed by atoms with Crippen molar-refractivity contribution in [3.8, 4) is 11.4 Å². The van der Waals surface area contributed by atoms with Gasteiger partial charge >= 0.3 is 6.03 Å². The summed E-state index contributed by atoms with van der Waals surface area (Å²) < 4.78 is 0. The maximum absolute atomic E-state index is 13.0. The Balaban J connectivity index is 1.41. The molecule has 1 saturated heterocycles. The molecule has 0 aliphatic carbocycles. The molecule has 0 saturated carbocycles. The minimum atomic E-state index is -0.113. The number of hydrogen-bond acceptors (Lipinski definition) is 4. The molecule has 0 atom stereocenters. The Morgan fingerprint density at radius 1 is 0.892 bits per heavy atom. The molecule has 0 unspecified atom stereocenters.